The third-order valence-electron chi connectivity index (χ3n) is 3.40. The minimum Gasteiger partial charge on any atom is -0.494 e. The van der Waals surface area contributed by atoms with Crippen LogP contribution in [0.15, 0.2) is 18.2 Å². The van der Waals surface area contributed by atoms with Crippen molar-refractivity contribution in [2.45, 2.75) is 31.5 Å². The first-order valence-corrected chi connectivity index (χ1v) is 6.48. The molecule has 0 aliphatic heterocycles. The van der Waals surface area contributed by atoms with Crippen LogP contribution in [0.5, 0.6) is 5.75 Å². The Labute approximate surface area is 100.0 Å². The van der Waals surface area contributed by atoms with Crippen LogP contribution in [0.4, 0.5) is 0 Å². The third-order valence-corrected chi connectivity index (χ3v) is 4.73. The summed E-state index contributed by atoms with van der Waals surface area (Å²) in [6.07, 6.45) is 0. The van der Waals surface area contributed by atoms with Gasteiger partial charge < -0.3 is 4.74 Å². The van der Waals surface area contributed by atoms with Crippen LogP contribution in [-0.4, -0.2) is 6.61 Å². The molecule has 3 atom stereocenters. The molecule has 1 aromatic rings. The Bertz CT molecular complexity index is 362. The summed E-state index contributed by atoms with van der Waals surface area (Å²) in [4.78, 5) is 0.475. The predicted molar refractivity (Wildman–Crippen MR) is 66.9 cm³/mol. The molecule has 0 radical (unpaired) electrons. The second kappa shape index (κ2) is 4.17. The molecule has 0 saturated carbocycles. The number of halogens is 1. The largest absolute Gasteiger partial charge is 0.494 e. The van der Waals surface area contributed by atoms with Crippen molar-refractivity contribution in [2.75, 3.05) is 6.61 Å². The second-order valence-corrected chi connectivity index (χ2v) is 5.23. The average Bonchev–Trinajstić information content (AvgIpc) is 2.46. The molecule has 0 amide bonds. The van der Waals surface area contributed by atoms with E-state index in [9.17, 15) is 0 Å². The summed E-state index contributed by atoms with van der Waals surface area (Å²) in [7, 11) is 0. The molecule has 0 fully saturated rings. The fraction of sp³-hybridized carbons (Fsp3) is 0.538. The van der Waals surface area contributed by atoms with E-state index in [1.54, 1.807) is 0 Å². The smallest absolute Gasteiger partial charge is 0.123 e. The van der Waals surface area contributed by atoms with Crippen LogP contribution in [0.25, 0.3) is 0 Å². The first-order valence-electron chi connectivity index (χ1n) is 5.56. The van der Waals surface area contributed by atoms with Crippen LogP contribution < -0.4 is 4.74 Å². The maximum atomic E-state index is 5.69. The van der Waals surface area contributed by atoms with Crippen LogP contribution >= 0.6 is 15.9 Å². The molecule has 0 spiro atoms. The number of ether oxygens (including phenoxy) is 1. The van der Waals surface area contributed by atoms with Crippen LogP contribution in [0, 0.1) is 5.92 Å². The lowest BCUT2D eigenvalue weighted by Gasteiger charge is -2.14. The summed E-state index contributed by atoms with van der Waals surface area (Å²) in [5.41, 5.74) is 2.80. The zero-order valence-corrected chi connectivity index (χ0v) is 11.0. The molecule has 0 heterocycles. The number of fused-ring (bicyclic) bond motifs is 1. The van der Waals surface area contributed by atoms with Crippen molar-refractivity contribution < 1.29 is 4.74 Å². The van der Waals surface area contributed by atoms with E-state index < -0.39 is 0 Å². The Morgan fingerprint density at radius 3 is 2.73 bits per heavy atom. The van der Waals surface area contributed by atoms with Crippen molar-refractivity contribution in [2.24, 2.45) is 5.92 Å². The van der Waals surface area contributed by atoms with Gasteiger partial charge >= 0.3 is 0 Å². The summed E-state index contributed by atoms with van der Waals surface area (Å²) in [6.45, 7) is 7.35. The maximum Gasteiger partial charge on any atom is 0.123 e. The average molecular weight is 269 g/mol. The lowest BCUT2D eigenvalue weighted by molar-refractivity contribution is 0.333. The molecule has 0 saturated heterocycles. The Kier molecular flexibility index (Phi) is 3.06. The van der Waals surface area contributed by atoms with E-state index >= 15 is 0 Å². The molecule has 3 unspecified atom stereocenters. The van der Waals surface area contributed by atoms with Gasteiger partial charge in [0.1, 0.15) is 5.75 Å². The van der Waals surface area contributed by atoms with Crippen molar-refractivity contribution in [1.82, 2.24) is 0 Å². The topological polar surface area (TPSA) is 9.23 Å². The monoisotopic (exact) mass is 268 g/mol. The maximum absolute atomic E-state index is 5.69. The van der Waals surface area contributed by atoms with Crippen LogP contribution in [0.1, 0.15) is 42.6 Å². The lowest BCUT2D eigenvalue weighted by Crippen LogP contribution is -2.02. The molecule has 15 heavy (non-hydrogen) atoms. The Morgan fingerprint density at radius 2 is 2.07 bits per heavy atom. The zero-order chi connectivity index (χ0) is 11.0. The molecule has 2 rings (SSSR count). The van der Waals surface area contributed by atoms with Crippen molar-refractivity contribution in [1.29, 1.82) is 0 Å². The normalized spacial score (nSPS) is 28.9. The van der Waals surface area contributed by atoms with Gasteiger partial charge in [-0.2, -0.15) is 0 Å². The van der Waals surface area contributed by atoms with Crippen molar-refractivity contribution in [3.63, 3.8) is 0 Å². The van der Waals surface area contributed by atoms with Crippen LogP contribution in [0.3, 0.4) is 0 Å². The Balaban J connectivity index is 2.48. The van der Waals surface area contributed by atoms with E-state index in [0.717, 1.165) is 12.4 Å². The van der Waals surface area contributed by atoms with E-state index in [1.165, 1.54) is 11.1 Å². The summed E-state index contributed by atoms with van der Waals surface area (Å²) in [6, 6.07) is 6.37. The number of rotatable bonds is 2. The fourth-order valence-electron chi connectivity index (χ4n) is 2.37. The van der Waals surface area contributed by atoms with E-state index in [-0.39, 0.29) is 0 Å². The molecule has 1 aromatic carbocycles. The second-order valence-electron chi connectivity index (χ2n) is 4.24. The molecule has 0 N–H and O–H groups in total. The number of hydrogen-bond donors (Lipinski definition) is 0. The highest BCUT2D eigenvalue weighted by Gasteiger charge is 2.35. The molecule has 1 nitrogen and oxygen atoms in total. The van der Waals surface area contributed by atoms with Gasteiger partial charge in [-0.1, -0.05) is 41.9 Å². The first kappa shape index (κ1) is 11.0. The van der Waals surface area contributed by atoms with Gasteiger partial charge in [0.25, 0.3) is 0 Å². The minimum atomic E-state index is 0.475. The van der Waals surface area contributed by atoms with Gasteiger partial charge in [0.15, 0.2) is 0 Å². The SMILES string of the molecule is CCOc1cccc2c1C(C)C(C)C2Br. The van der Waals surface area contributed by atoms with Gasteiger partial charge in [0, 0.05) is 10.4 Å². The van der Waals surface area contributed by atoms with Crippen LogP contribution in [0.2, 0.25) is 0 Å². The van der Waals surface area contributed by atoms with Gasteiger partial charge in [0.05, 0.1) is 6.61 Å². The van der Waals surface area contributed by atoms with E-state index in [4.69, 9.17) is 4.74 Å². The molecule has 1 aliphatic carbocycles. The van der Waals surface area contributed by atoms with Gasteiger partial charge in [-0.05, 0) is 30.4 Å². The van der Waals surface area contributed by atoms with Gasteiger partial charge in [0.2, 0.25) is 0 Å². The molecular weight excluding hydrogens is 252 g/mol. The number of benzene rings is 1. The Morgan fingerprint density at radius 1 is 1.33 bits per heavy atom. The highest BCUT2D eigenvalue weighted by atomic mass is 79.9. The zero-order valence-electron chi connectivity index (χ0n) is 9.46. The molecule has 0 bridgehead atoms. The van der Waals surface area contributed by atoms with E-state index in [1.807, 2.05) is 6.92 Å². The van der Waals surface area contributed by atoms with E-state index in [2.05, 4.69) is 48.0 Å². The van der Waals surface area contributed by atoms with Crippen LogP contribution in [-0.2, 0) is 0 Å². The summed E-state index contributed by atoms with van der Waals surface area (Å²) in [5, 5.41) is 0. The first-order chi connectivity index (χ1) is 7.16. The van der Waals surface area contributed by atoms with Gasteiger partial charge in [-0.25, -0.2) is 0 Å². The molecule has 1 aliphatic rings. The van der Waals surface area contributed by atoms with Crippen molar-refractivity contribution in [3.05, 3.63) is 29.3 Å². The van der Waals surface area contributed by atoms with Gasteiger partial charge in [-0.3, -0.25) is 0 Å². The highest BCUT2D eigenvalue weighted by molar-refractivity contribution is 9.09. The third kappa shape index (κ3) is 1.69. The fourth-order valence-corrected chi connectivity index (χ4v) is 3.23. The van der Waals surface area contributed by atoms with E-state index in [0.29, 0.717) is 16.7 Å². The number of alkyl halides is 1. The summed E-state index contributed by atoms with van der Waals surface area (Å²) < 4.78 is 5.69. The molecule has 82 valence electrons. The minimum absolute atomic E-state index is 0.475. The van der Waals surface area contributed by atoms with Gasteiger partial charge in [-0.15, -0.1) is 0 Å². The predicted octanol–water partition coefficient (Wildman–Crippen LogP) is 4.27. The van der Waals surface area contributed by atoms with Crippen molar-refractivity contribution >= 4 is 15.9 Å². The Hall–Kier alpha value is -0.500. The quantitative estimate of drug-likeness (QED) is 0.728. The molecular formula is C13H17BrO. The summed E-state index contributed by atoms with van der Waals surface area (Å²) in [5.74, 6) is 2.28. The van der Waals surface area contributed by atoms with Crippen molar-refractivity contribution in [3.8, 4) is 5.75 Å². The molecule has 2 heteroatoms. The highest BCUT2D eigenvalue weighted by Crippen LogP contribution is 2.52. The number of hydrogen-bond acceptors (Lipinski definition) is 1. The standard InChI is InChI=1S/C13H17BrO/c1-4-15-11-7-5-6-10-12(11)8(2)9(3)13(10)14/h5-9,13H,4H2,1-3H3. The summed E-state index contributed by atoms with van der Waals surface area (Å²) >= 11 is 3.77. The molecule has 0 aromatic heterocycles. The lowest BCUT2D eigenvalue weighted by atomic mass is 9.96.